The number of likely N-dealkylation sites (tertiary alicyclic amines) is 1. The van der Waals surface area contributed by atoms with Crippen molar-refractivity contribution in [3.63, 3.8) is 0 Å². The molecule has 1 aromatic carbocycles. The van der Waals surface area contributed by atoms with E-state index in [-0.39, 0.29) is 17.9 Å². The highest BCUT2D eigenvalue weighted by Crippen LogP contribution is 2.23. The number of halogens is 1. The van der Waals surface area contributed by atoms with Crippen LogP contribution in [0, 0.1) is 0 Å². The molecule has 0 spiro atoms. The third-order valence-corrected chi connectivity index (χ3v) is 3.92. The number of hydrogen-bond acceptors (Lipinski definition) is 4. The van der Waals surface area contributed by atoms with Gasteiger partial charge in [-0.25, -0.2) is 0 Å². The molecule has 0 bridgehead atoms. The van der Waals surface area contributed by atoms with E-state index in [0.717, 1.165) is 15.8 Å². The van der Waals surface area contributed by atoms with Crippen LogP contribution in [0.4, 0.5) is 0 Å². The van der Waals surface area contributed by atoms with Crippen LogP contribution in [-0.4, -0.2) is 36.9 Å². The van der Waals surface area contributed by atoms with Crippen molar-refractivity contribution in [1.29, 1.82) is 0 Å². The first-order valence-electron chi connectivity index (χ1n) is 6.39. The van der Waals surface area contributed by atoms with Gasteiger partial charge in [-0.15, -0.1) is 0 Å². The van der Waals surface area contributed by atoms with E-state index in [2.05, 4.69) is 21.2 Å². The highest BCUT2D eigenvalue weighted by atomic mass is 79.9. The van der Waals surface area contributed by atoms with Crippen molar-refractivity contribution in [2.24, 2.45) is 0 Å². The fourth-order valence-corrected chi connectivity index (χ4v) is 2.63. The molecule has 0 aliphatic carbocycles. The lowest BCUT2D eigenvalue weighted by molar-refractivity contribution is -0.148. The van der Waals surface area contributed by atoms with Gasteiger partial charge in [0.05, 0.1) is 13.2 Å². The molecule has 0 radical (unpaired) electrons. The van der Waals surface area contributed by atoms with E-state index < -0.39 is 0 Å². The molecule has 6 heteroatoms. The van der Waals surface area contributed by atoms with Gasteiger partial charge >= 0.3 is 0 Å². The molecular weight excluding hydrogens is 324 g/mol. The van der Waals surface area contributed by atoms with Gasteiger partial charge in [-0.2, -0.15) is 0 Å². The first kappa shape index (κ1) is 15.0. The maximum Gasteiger partial charge on any atom is 0.246 e. The molecule has 20 heavy (non-hydrogen) atoms. The zero-order chi connectivity index (χ0) is 14.7. The minimum atomic E-state index is -0.318. The number of ether oxygens (including phenoxy) is 1. The van der Waals surface area contributed by atoms with E-state index in [1.54, 1.807) is 7.11 Å². The predicted octanol–water partition coefficient (Wildman–Crippen LogP) is 1.69. The molecule has 0 saturated carbocycles. The Morgan fingerprint density at radius 3 is 2.90 bits per heavy atom. The highest BCUT2D eigenvalue weighted by molar-refractivity contribution is 9.10. The molecule has 1 fully saturated rings. The lowest BCUT2D eigenvalue weighted by atomic mass is 10.0. The Kier molecular flexibility index (Phi) is 4.77. The number of likely N-dealkylation sites (N-methyl/N-ethyl adjacent to an activating group) is 1. The number of piperidine rings is 1. The summed E-state index contributed by atoms with van der Waals surface area (Å²) >= 11 is 3.42. The van der Waals surface area contributed by atoms with Gasteiger partial charge < -0.3 is 10.1 Å². The molecule has 2 amide bonds. The van der Waals surface area contributed by atoms with Gasteiger partial charge in [-0.3, -0.25) is 14.5 Å². The second-order valence-corrected chi connectivity index (χ2v) is 5.63. The first-order chi connectivity index (χ1) is 9.52. The summed E-state index contributed by atoms with van der Waals surface area (Å²) in [7, 11) is 3.14. The number of nitrogens with zero attached hydrogens (tertiary/aromatic N) is 1. The monoisotopic (exact) mass is 340 g/mol. The van der Waals surface area contributed by atoms with E-state index in [1.807, 2.05) is 18.2 Å². The molecule has 1 aliphatic heterocycles. The van der Waals surface area contributed by atoms with Crippen molar-refractivity contribution >= 4 is 27.7 Å². The third kappa shape index (κ3) is 3.19. The fourth-order valence-electron chi connectivity index (χ4n) is 2.22. The van der Waals surface area contributed by atoms with Crippen molar-refractivity contribution in [3.05, 3.63) is 28.2 Å². The van der Waals surface area contributed by atoms with Crippen LogP contribution < -0.4 is 10.1 Å². The lowest BCUT2D eigenvalue weighted by Gasteiger charge is -2.28. The second kappa shape index (κ2) is 6.37. The van der Waals surface area contributed by atoms with Gasteiger partial charge in [-0.05, 0) is 24.6 Å². The van der Waals surface area contributed by atoms with Crippen LogP contribution in [0.1, 0.15) is 18.4 Å². The number of imide groups is 1. The van der Waals surface area contributed by atoms with E-state index in [4.69, 9.17) is 4.74 Å². The maximum absolute atomic E-state index is 12.0. The molecule has 1 aromatic rings. The van der Waals surface area contributed by atoms with Crippen LogP contribution in [0.2, 0.25) is 0 Å². The SMILES string of the molecule is COc1ccc(Br)cc1CNC1CCC(=O)N(C)C1=O. The Morgan fingerprint density at radius 1 is 1.45 bits per heavy atom. The second-order valence-electron chi connectivity index (χ2n) is 4.72. The highest BCUT2D eigenvalue weighted by Gasteiger charge is 2.31. The molecule has 1 aliphatic rings. The number of rotatable bonds is 4. The van der Waals surface area contributed by atoms with Crippen molar-refractivity contribution in [3.8, 4) is 5.75 Å². The van der Waals surface area contributed by atoms with E-state index >= 15 is 0 Å². The fraction of sp³-hybridized carbons (Fsp3) is 0.429. The average Bonchev–Trinajstić information content (AvgIpc) is 2.44. The number of nitrogens with one attached hydrogen (secondary N) is 1. The number of hydrogen-bond donors (Lipinski definition) is 1. The van der Waals surface area contributed by atoms with Crippen LogP contribution >= 0.6 is 15.9 Å². The number of amides is 2. The van der Waals surface area contributed by atoms with Gasteiger partial charge in [0.25, 0.3) is 0 Å². The van der Waals surface area contributed by atoms with Gasteiger partial charge in [0.2, 0.25) is 11.8 Å². The minimum Gasteiger partial charge on any atom is -0.496 e. The largest absolute Gasteiger partial charge is 0.496 e. The molecule has 1 heterocycles. The molecule has 0 aromatic heterocycles. The van der Waals surface area contributed by atoms with Crippen LogP contribution in [0.5, 0.6) is 5.75 Å². The summed E-state index contributed by atoms with van der Waals surface area (Å²) in [6, 6.07) is 5.41. The number of benzene rings is 1. The Balaban J connectivity index is 2.04. The summed E-state index contributed by atoms with van der Waals surface area (Å²) in [5.41, 5.74) is 0.967. The Hall–Kier alpha value is -1.40. The number of carbonyl (C=O) groups is 2. The van der Waals surface area contributed by atoms with Crippen LogP contribution in [0.15, 0.2) is 22.7 Å². The molecule has 1 N–H and O–H groups in total. The maximum atomic E-state index is 12.0. The van der Waals surface area contributed by atoms with Gasteiger partial charge in [-0.1, -0.05) is 15.9 Å². The van der Waals surface area contributed by atoms with E-state index in [9.17, 15) is 9.59 Å². The topological polar surface area (TPSA) is 58.6 Å². The predicted molar refractivity (Wildman–Crippen MR) is 78.3 cm³/mol. The summed E-state index contributed by atoms with van der Waals surface area (Å²) in [6.07, 6.45) is 0.938. The molecule has 108 valence electrons. The quantitative estimate of drug-likeness (QED) is 0.847. The smallest absolute Gasteiger partial charge is 0.246 e. The van der Waals surface area contributed by atoms with E-state index in [0.29, 0.717) is 19.4 Å². The zero-order valence-electron chi connectivity index (χ0n) is 11.5. The Morgan fingerprint density at radius 2 is 2.20 bits per heavy atom. The summed E-state index contributed by atoms with van der Waals surface area (Å²) < 4.78 is 6.25. The standard InChI is InChI=1S/C14H17BrN2O3/c1-17-13(18)6-4-11(14(17)19)16-8-9-7-10(15)3-5-12(9)20-2/h3,5,7,11,16H,4,6,8H2,1-2H3. The molecular formula is C14H17BrN2O3. The van der Waals surface area contributed by atoms with Crippen molar-refractivity contribution < 1.29 is 14.3 Å². The average molecular weight is 341 g/mol. The van der Waals surface area contributed by atoms with Gasteiger partial charge in [0, 0.05) is 30.0 Å². The lowest BCUT2D eigenvalue weighted by Crippen LogP contribution is -2.51. The van der Waals surface area contributed by atoms with Crippen molar-refractivity contribution in [1.82, 2.24) is 10.2 Å². The van der Waals surface area contributed by atoms with Gasteiger partial charge in [0.1, 0.15) is 5.75 Å². The normalized spacial score (nSPS) is 19.4. The molecule has 2 rings (SSSR count). The van der Waals surface area contributed by atoms with Crippen LogP contribution in [0.3, 0.4) is 0 Å². The number of carbonyl (C=O) groups excluding carboxylic acids is 2. The summed E-state index contributed by atoms with van der Waals surface area (Å²) in [5.74, 6) is 0.483. The molecule has 5 nitrogen and oxygen atoms in total. The third-order valence-electron chi connectivity index (χ3n) is 3.43. The Bertz CT molecular complexity index is 533. The zero-order valence-corrected chi connectivity index (χ0v) is 13.1. The van der Waals surface area contributed by atoms with Crippen molar-refractivity contribution in [2.45, 2.75) is 25.4 Å². The van der Waals surface area contributed by atoms with E-state index in [1.165, 1.54) is 11.9 Å². The molecule has 1 unspecified atom stereocenters. The molecule has 1 saturated heterocycles. The summed E-state index contributed by atoms with van der Waals surface area (Å²) in [5, 5.41) is 3.20. The Labute approximate surface area is 126 Å². The van der Waals surface area contributed by atoms with Crippen LogP contribution in [-0.2, 0) is 16.1 Å². The summed E-state index contributed by atoms with van der Waals surface area (Å²) in [6.45, 7) is 0.515. The van der Waals surface area contributed by atoms with Crippen molar-refractivity contribution in [2.75, 3.05) is 14.2 Å². The van der Waals surface area contributed by atoms with Gasteiger partial charge in [0.15, 0.2) is 0 Å². The summed E-state index contributed by atoms with van der Waals surface area (Å²) in [4.78, 5) is 24.6. The first-order valence-corrected chi connectivity index (χ1v) is 7.18. The molecule has 1 atom stereocenters. The minimum absolute atomic E-state index is 0.118. The number of methoxy groups -OCH3 is 1. The van der Waals surface area contributed by atoms with Crippen LogP contribution in [0.25, 0.3) is 0 Å².